The van der Waals surface area contributed by atoms with Gasteiger partial charge in [-0.25, -0.2) is 5.06 Å². The van der Waals surface area contributed by atoms with Gasteiger partial charge in [-0.2, -0.15) is 0 Å². The first kappa shape index (κ1) is 20.0. The number of ketones is 1. The van der Waals surface area contributed by atoms with E-state index in [0.717, 1.165) is 27.9 Å². The Balaban J connectivity index is 1.61. The summed E-state index contributed by atoms with van der Waals surface area (Å²) in [5, 5.41) is 1.98. The van der Waals surface area contributed by atoms with Crippen LogP contribution >= 0.6 is 0 Å². The first-order valence-corrected chi connectivity index (χ1v) is 11.4. The van der Waals surface area contributed by atoms with Gasteiger partial charge in [0.1, 0.15) is 6.10 Å². The van der Waals surface area contributed by atoms with Crippen molar-refractivity contribution in [3.8, 4) is 0 Å². The first-order valence-electron chi connectivity index (χ1n) is 11.4. The molecular formula is C30H25NO2. The fraction of sp³-hybridized carbons (Fsp3) is 0.167. The molecule has 1 spiro atoms. The van der Waals surface area contributed by atoms with E-state index in [2.05, 4.69) is 61.5 Å². The topological polar surface area (TPSA) is 29.5 Å². The lowest BCUT2D eigenvalue weighted by Crippen LogP contribution is -2.39. The second-order valence-electron chi connectivity index (χ2n) is 9.07. The summed E-state index contributed by atoms with van der Waals surface area (Å²) in [6.07, 6.45) is 0.244. The molecule has 1 aliphatic heterocycles. The number of Topliss-reactive ketones (excluding diaryl/α,β-unsaturated/α-hetero) is 1. The molecule has 3 nitrogen and oxygen atoms in total. The maximum atomic E-state index is 14.3. The van der Waals surface area contributed by atoms with Gasteiger partial charge in [0.25, 0.3) is 0 Å². The van der Waals surface area contributed by atoms with Crippen LogP contribution in [0.2, 0.25) is 0 Å². The highest BCUT2D eigenvalue weighted by Crippen LogP contribution is 2.62. The van der Waals surface area contributed by atoms with Gasteiger partial charge >= 0.3 is 0 Å². The van der Waals surface area contributed by atoms with Gasteiger partial charge < -0.3 is 0 Å². The van der Waals surface area contributed by atoms with Crippen LogP contribution in [0.4, 0.5) is 5.69 Å². The second kappa shape index (κ2) is 7.72. The Hall–Kier alpha value is -3.69. The summed E-state index contributed by atoms with van der Waals surface area (Å²) in [5.74, 6) is 0.163. The lowest BCUT2D eigenvalue weighted by Gasteiger charge is -2.34. The van der Waals surface area contributed by atoms with E-state index in [1.54, 1.807) is 0 Å². The number of carbonyl (C=O) groups excluding carboxylic acids is 1. The van der Waals surface area contributed by atoms with Crippen molar-refractivity contribution < 1.29 is 9.63 Å². The van der Waals surface area contributed by atoms with Crippen LogP contribution in [-0.2, 0) is 11.3 Å². The molecule has 0 N–H and O–H groups in total. The summed E-state index contributed by atoms with van der Waals surface area (Å²) in [6, 6.07) is 36.6. The molecule has 6 rings (SSSR count). The number of anilines is 1. The highest BCUT2D eigenvalue weighted by molar-refractivity contribution is 6.06. The average Bonchev–Trinajstić information content (AvgIpc) is 3.36. The molecule has 2 aliphatic rings. The summed E-state index contributed by atoms with van der Waals surface area (Å²) in [7, 11) is 0. The fourth-order valence-corrected chi connectivity index (χ4v) is 5.55. The van der Waals surface area contributed by atoms with E-state index in [0.29, 0.717) is 6.42 Å². The minimum atomic E-state index is -0.768. The number of aryl methyl sites for hydroxylation is 1. The molecular weight excluding hydrogens is 406 g/mol. The van der Waals surface area contributed by atoms with E-state index in [-0.39, 0.29) is 11.8 Å². The standard InChI is InChI=1S/C30H25NO2/c1-21-16-18-22(19-17-21)27-30(20-24-12-8-9-15-26(24)28(30)32)29(23-10-4-2-5-11-23)33-31(27)25-13-6-3-7-14-25/h2-19,27,29H,20H2,1H3/t27-,29+,30+/m1/s1. The van der Waals surface area contributed by atoms with Crippen LogP contribution in [0.3, 0.4) is 0 Å². The largest absolute Gasteiger partial charge is 0.293 e. The number of fused-ring (bicyclic) bond motifs is 1. The second-order valence-corrected chi connectivity index (χ2v) is 9.07. The molecule has 162 valence electrons. The van der Waals surface area contributed by atoms with Crippen molar-refractivity contribution in [3.63, 3.8) is 0 Å². The molecule has 1 saturated heterocycles. The molecule has 4 aromatic rings. The Morgan fingerprint density at radius 1 is 0.758 bits per heavy atom. The van der Waals surface area contributed by atoms with Gasteiger partial charge in [-0.3, -0.25) is 9.63 Å². The number of para-hydroxylation sites is 1. The minimum Gasteiger partial charge on any atom is -0.293 e. The summed E-state index contributed by atoms with van der Waals surface area (Å²) >= 11 is 0. The Morgan fingerprint density at radius 2 is 1.39 bits per heavy atom. The van der Waals surface area contributed by atoms with Crippen molar-refractivity contribution in [2.75, 3.05) is 5.06 Å². The van der Waals surface area contributed by atoms with Crippen LogP contribution in [-0.4, -0.2) is 5.78 Å². The lowest BCUT2D eigenvalue weighted by molar-refractivity contribution is 0.0342. The molecule has 1 fully saturated rings. The number of hydrogen-bond acceptors (Lipinski definition) is 3. The summed E-state index contributed by atoms with van der Waals surface area (Å²) < 4.78 is 0. The van der Waals surface area contributed by atoms with Crippen molar-refractivity contribution in [3.05, 3.63) is 137 Å². The average molecular weight is 432 g/mol. The summed E-state index contributed by atoms with van der Waals surface area (Å²) in [5.41, 5.74) is 5.39. The third kappa shape index (κ3) is 3.04. The first-order chi connectivity index (χ1) is 16.2. The maximum Gasteiger partial charge on any atom is 0.175 e. The Kier molecular flexibility index (Phi) is 4.67. The van der Waals surface area contributed by atoms with Crippen LogP contribution in [0.15, 0.2) is 109 Å². The van der Waals surface area contributed by atoms with Gasteiger partial charge in [0, 0.05) is 5.56 Å². The monoisotopic (exact) mass is 431 g/mol. The number of hydroxylamine groups is 1. The van der Waals surface area contributed by atoms with Gasteiger partial charge in [0.2, 0.25) is 0 Å². The Bertz CT molecular complexity index is 1300. The van der Waals surface area contributed by atoms with Crippen LogP contribution in [0.25, 0.3) is 0 Å². The lowest BCUT2D eigenvalue weighted by atomic mass is 9.68. The predicted molar refractivity (Wildman–Crippen MR) is 130 cm³/mol. The van der Waals surface area contributed by atoms with E-state index in [1.165, 1.54) is 5.56 Å². The molecule has 0 bridgehead atoms. The summed E-state index contributed by atoms with van der Waals surface area (Å²) in [6.45, 7) is 2.09. The number of carbonyl (C=O) groups is 1. The molecule has 3 atom stereocenters. The highest BCUT2D eigenvalue weighted by Gasteiger charge is 2.64. The normalized spacial score (nSPS) is 23.8. The molecule has 0 saturated carbocycles. The van der Waals surface area contributed by atoms with Crippen molar-refractivity contribution in [2.45, 2.75) is 25.5 Å². The molecule has 0 unspecified atom stereocenters. The smallest absolute Gasteiger partial charge is 0.175 e. The molecule has 0 amide bonds. The van der Waals surface area contributed by atoms with Gasteiger partial charge in [0.05, 0.1) is 17.1 Å². The van der Waals surface area contributed by atoms with Gasteiger partial charge in [-0.05, 0) is 42.2 Å². The Labute approximate surface area is 194 Å². The van der Waals surface area contributed by atoms with Crippen LogP contribution in [0.1, 0.15) is 44.8 Å². The number of hydrogen-bond donors (Lipinski definition) is 0. The molecule has 3 heteroatoms. The fourth-order valence-electron chi connectivity index (χ4n) is 5.55. The van der Waals surface area contributed by atoms with E-state index >= 15 is 0 Å². The molecule has 1 aliphatic carbocycles. The quantitative estimate of drug-likeness (QED) is 0.363. The molecule has 1 heterocycles. The number of rotatable bonds is 3. The third-order valence-electron chi connectivity index (χ3n) is 7.08. The van der Waals surface area contributed by atoms with E-state index in [4.69, 9.17) is 4.84 Å². The van der Waals surface area contributed by atoms with Gasteiger partial charge in [-0.1, -0.05) is 103 Å². The highest BCUT2D eigenvalue weighted by atomic mass is 16.7. The zero-order valence-corrected chi connectivity index (χ0v) is 18.5. The van der Waals surface area contributed by atoms with Crippen molar-refractivity contribution in [2.24, 2.45) is 5.41 Å². The summed E-state index contributed by atoms with van der Waals surface area (Å²) in [4.78, 5) is 21.1. The Morgan fingerprint density at radius 3 is 2.09 bits per heavy atom. The van der Waals surface area contributed by atoms with Crippen molar-refractivity contribution in [1.29, 1.82) is 0 Å². The van der Waals surface area contributed by atoms with Gasteiger partial charge in [0.15, 0.2) is 5.78 Å². The van der Waals surface area contributed by atoms with Crippen LogP contribution < -0.4 is 5.06 Å². The number of benzene rings is 4. The van der Waals surface area contributed by atoms with Gasteiger partial charge in [-0.15, -0.1) is 0 Å². The van der Waals surface area contributed by atoms with E-state index in [1.807, 2.05) is 59.7 Å². The molecule has 33 heavy (non-hydrogen) atoms. The zero-order valence-electron chi connectivity index (χ0n) is 18.5. The van der Waals surface area contributed by atoms with E-state index < -0.39 is 11.5 Å². The molecule has 4 aromatic carbocycles. The van der Waals surface area contributed by atoms with Crippen molar-refractivity contribution >= 4 is 11.5 Å². The third-order valence-corrected chi connectivity index (χ3v) is 7.08. The van der Waals surface area contributed by atoms with E-state index in [9.17, 15) is 4.79 Å². The predicted octanol–water partition coefficient (Wildman–Crippen LogP) is 6.65. The molecule has 0 radical (unpaired) electrons. The number of nitrogens with zero attached hydrogens (tertiary/aromatic N) is 1. The maximum absolute atomic E-state index is 14.3. The van der Waals surface area contributed by atoms with Crippen molar-refractivity contribution in [1.82, 2.24) is 0 Å². The minimum absolute atomic E-state index is 0.163. The van der Waals surface area contributed by atoms with Crippen LogP contribution in [0, 0.1) is 12.3 Å². The van der Waals surface area contributed by atoms with Crippen LogP contribution in [0.5, 0.6) is 0 Å². The zero-order chi connectivity index (χ0) is 22.4. The SMILES string of the molecule is Cc1ccc([C@H]2N(c3ccccc3)O[C@@H](c3ccccc3)[C@@]23Cc2ccccc2C3=O)cc1. The molecule has 0 aromatic heterocycles.